The highest BCUT2D eigenvalue weighted by Gasteiger charge is 2.27. The van der Waals surface area contributed by atoms with Crippen molar-refractivity contribution in [2.24, 2.45) is 0 Å². The molecular formula is C26H27N7O3. The first-order valence-corrected chi connectivity index (χ1v) is 11.9. The number of imidazole rings is 1. The highest BCUT2D eigenvalue weighted by Crippen LogP contribution is 2.34. The number of anilines is 1. The molecule has 4 aromatic rings. The maximum Gasteiger partial charge on any atom is 0.241 e. The zero-order valence-corrected chi connectivity index (χ0v) is 20.7. The minimum Gasteiger partial charge on any atom is -0.479 e. The third-order valence-corrected chi connectivity index (χ3v) is 6.49. The summed E-state index contributed by atoms with van der Waals surface area (Å²) < 4.78 is 13.3. The van der Waals surface area contributed by atoms with Crippen LogP contribution in [0.2, 0.25) is 0 Å². The molecule has 1 aromatic carbocycles. The Labute approximate surface area is 208 Å². The molecule has 10 nitrogen and oxygen atoms in total. The van der Waals surface area contributed by atoms with Crippen LogP contribution in [0.3, 0.4) is 0 Å². The van der Waals surface area contributed by atoms with E-state index in [0.717, 1.165) is 29.3 Å². The average Bonchev–Trinajstić information content (AvgIpc) is 3.23. The quantitative estimate of drug-likeness (QED) is 0.452. The van der Waals surface area contributed by atoms with Gasteiger partial charge in [0.2, 0.25) is 11.8 Å². The van der Waals surface area contributed by atoms with Crippen LogP contribution in [0.4, 0.5) is 5.69 Å². The zero-order chi connectivity index (χ0) is 25.4. The Balaban J connectivity index is 1.60. The molecule has 0 spiro atoms. The van der Waals surface area contributed by atoms with Crippen LogP contribution in [0, 0.1) is 25.2 Å². The van der Waals surface area contributed by atoms with E-state index < -0.39 is 0 Å². The van der Waals surface area contributed by atoms with Crippen LogP contribution >= 0.6 is 0 Å². The van der Waals surface area contributed by atoms with Gasteiger partial charge >= 0.3 is 0 Å². The predicted molar refractivity (Wildman–Crippen MR) is 134 cm³/mol. The van der Waals surface area contributed by atoms with Crippen molar-refractivity contribution in [3.05, 3.63) is 47.3 Å². The van der Waals surface area contributed by atoms with E-state index in [9.17, 15) is 10.1 Å². The van der Waals surface area contributed by atoms with Crippen molar-refractivity contribution < 1.29 is 14.3 Å². The molecule has 1 aliphatic heterocycles. The topological polar surface area (TPSA) is 128 Å². The maximum absolute atomic E-state index is 13.3. The molecule has 1 N–H and O–H groups in total. The minimum absolute atomic E-state index is 0.0380. The van der Waals surface area contributed by atoms with Gasteiger partial charge < -0.3 is 19.4 Å². The number of carbonyl (C=O) groups is 1. The summed E-state index contributed by atoms with van der Waals surface area (Å²) in [6.07, 6.45) is 3.44. The van der Waals surface area contributed by atoms with Crippen LogP contribution in [0.15, 0.2) is 24.4 Å². The molecule has 1 saturated heterocycles. The smallest absolute Gasteiger partial charge is 0.241 e. The van der Waals surface area contributed by atoms with Gasteiger partial charge in [-0.1, -0.05) is 0 Å². The number of benzene rings is 1. The summed E-state index contributed by atoms with van der Waals surface area (Å²) in [7, 11) is 1.51. The van der Waals surface area contributed by atoms with Gasteiger partial charge in [-0.3, -0.25) is 9.78 Å². The number of ether oxygens (including phenoxy) is 2. The molecule has 0 saturated carbocycles. The number of aryl methyl sites for hydroxylation is 2. The van der Waals surface area contributed by atoms with Gasteiger partial charge in [-0.15, -0.1) is 0 Å². The summed E-state index contributed by atoms with van der Waals surface area (Å²) in [5.41, 5.74) is 3.96. The van der Waals surface area contributed by atoms with E-state index in [-0.39, 0.29) is 24.5 Å². The van der Waals surface area contributed by atoms with Crippen molar-refractivity contribution in [3.63, 3.8) is 0 Å². The number of aromatic nitrogens is 5. The molecule has 1 amide bonds. The van der Waals surface area contributed by atoms with Gasteiger partial charge in [-0.25, -0.2) is 9.97 Å². The number of pyridine rings is 1. The van der Waals surface area contributed by atoms with Gasteiger partial charge in [0.25, 0.3) is 0 Å². The lowest BCUT2D eigenvalue weighted by Crippen LogP contribution is -2.28. The standard InChI is InChI=1S/C26H27N7O3/c1-14-9-18(7-8-36-14)33-22(11-23(34)32-24-15(2)29-16(3)30-26(24)35-4)31-21-13-28-20-6-5-17(12-27)10-19(20)25(21)33/h5-6,10,13-14,18H,7-9,11H2,1-4H3,(H,32,34)/t14-,18-/m1/s1. The second kappa shape index (κ2) is 9.51. The fraction of sp³-hybridized carbons (Fsp3) is 0.385. The van der Waals surface area contributed by atoms with Crippen LogP contribution in [-0.2, 0) is 16.0 Å². The molecule has 2 atom stereocenters. The van der Waals surface area contributed by atoms with Crippen LogP contribution in [0.1, 0.15) is 48.7 Å². The fourth-order valence-corrected chi connectivity index (χ4v) is 4.92. The van der Waals surface area contributed by atoms with E-state index in [1.807, 2.05) is 12.1 Å². The Bertz CT molecular complexity index is 1520. The molecule has 184 valence electrons. The largest absolute Gasteiger partial charge is 0.479 e. The Hall–Kier alpha value is -4.10. The summed E-state index contributed by atoms with van der Waals surface area (Å²) in [4.78, 5) is 31.3. The van der Waals surface area contributed by atoms with E-state index in [1.54, 1.807) is 26.1 Å². The van der Waals surface area contributed by atoms with Crippen LogP contribution in [0.25, 0.3) is 21.9 Å². The number of hydrogen-bond acceptors (Lipinski definition) is 8. The van der Waals surface area contributed by atoms with Gasteiger partial charge in [0, 0.05) is 18.0 Å². The Morgan fingerprint density at radius 2 is 2.11 bits per heavy atom. The number of rotatable bonds is 5. The molecule has 36 heavy (non-hydrogen) atoms. The molecular weight excluding hydrogens is 458 g/mol. The second-order valence-corrected chi connectivity index (χ2v) is 9.06. The third-order valence-electron chi connectivity index (χ3n) is 6.49. The van der Waals surface area contributed by atoms with Crippen LogP contribution in [-0.4, -0.2) is 50.2 Å². The van der Waals surface area contributed by atoms with E-state index in [4.69, 9.17) is 14.5 Å². The normalized spacial score (nSPS) is 17.8. The van der Waals surface area contributed by atoms with Gasteiger partial charge in [-0.2, -0.15) is 10.2 Å². The summed E-state index contributed by atoms with van der Waals surface area (Å²) in [5, 5.41) is 13.2. The molecule has 0 aliphatic carbocycles. The van der Waals surface area contributed by atoms with Crippen LogP contribution < -0.4 is 10.1 Å². The summed E-state index contributed by atoms with van der Waals surface area (Å²) in [6.45, 7) is 6.25. The SMILES string of the molecule is COc1nc(C)nc(C)c1NC(=O)Cc1nc2cnc3ccc(C#N)cc3c2n1[C@@H]1CCO[C@H](C)C1. The van der Waals surface area contributed by atoms with E-state index in [2.05, 4.69) is 37.8 Å². The zero-order valence-electron chi connectivity index (χ0n) is 20.7. The van der Waals surface area contributed by atoms with Gasteiger partial charge in [0.05, 0.1) is 54.2 Å². The fourth-order valence-electron chi connectivity index (χ4n) is 4.92. The molecule has 5 rings (SSSR count). The number of fused-ring (bicyclic) bond motifs is 3. The van der Waals surface area contributed by atoms with Crippen molar-refractivity contribution in [2.75, 3.05) is 19.0 Å². The molecule has 0 radical (unpaired) electrons. The van der Waals surface area contributed by atoms with Crippen molar-refractivity contribution in [1.29, 1.82) is 5.26 Å². The summed E-state index contributed by atoms with van der Waals surface area (Å²) >= 11 is 0. The Morgan fingerprint density at radius 3 is 2.86 bits per heavy atom. The lowest BCUT2D eigenvalue weighted by atomic mass is 10.0. The number of nitrogens with one attached hydrogen (secondary N) is 1. The van der Waals surface area contributed by atoms with E-state index in [1.165, 1.54) is 7.11 Å². The number of nitrogens with zero attached hydrogens (tertiary/aromatic N) is 6. The van der Waals surface area contributed by atoms with Crippen molar-refractivity contribution in [2.45, 2.75) is 52.2 Å². The lowest BCUT2D eigenvalue weighted by Gasteiger charge is -2.30. The van der Waals surface area contributed by atoms with E-state index >= 15 is 0 Å². The molecule has 4 heterocycles. The highest BCUT2D eigenvalue weighted by atomic mass is 16.5. The van der Waals surface area contributed by atoms with E-state index in [0.29, 0.717) is 46.6 Å². The molecule has 10 heteroatoms. The molecule has 0 bridgehead atoms. The third kappa shape index (κ3) is 4.33. The van der Waals surface area contributed by atoms with Crippen molar-refractivity contribution >= 4 is 33.5 Å². The maximum atomic E-state index is 13.3. The first-order valence-electron chi connectivity index (χ1n) is 11.9. The summed E-state index contributed by atoms with van der Waals surface area (Å²) in [6, 6.07) is 7.75. The molecule has 1 aliphatic rings. The van der Waals surface area contributed by atoms with Crippen molar-refractivity contribution in [3.8, 4) is 11.9 Å². The Morgan fingerprint density at radius 1 is 1.28 bits per heavy atom. The number of carbonyl (C=O) groups excluding carboxylic acids is 1. The molecule has 3 aromatic heterocycles. The monoisotopic (exact) mass is 485 g/mol. The lowest BCUT2D eigenvalue weighted by molar-refractivity contribution is -0.115. The summed E-state index contributed by atoms with van der Waals surface area (Å²) in [5.74, 6) is 1.26. The first kappa shape index (κ1) is 23.6. The average molecular weight is 486 g/mol. The van der Waals surface area contributed by atoms with Crippen LogP contribution in [0.5, 0.6) is 5.88 Å². The number of amides is 1. The highest BCUT2D eigenvalue weighted by molar-refractivity contribution is 6.03. The number of hydrogen-bond donors (Lipinski definition) is 1. The minimum atomic E-state index is -0.254. The van der Waals surface area contributed by atoms with Crippen molar-refractivity contribution in [1.82, 2.24) is 24.5 Å². The first-order chi connectivity index (χ1) is 17.4. The molecule has 0 unspecified atom stereocenters. The second-order valence-electron chi connectivity index (χ2n) is 9.06. The molecule has 1 fully saturated rings. The van der Waals surface area contributed by atoms with Gasteiger partial charge in [0.15, 0.2) is 0 Å². The predicted octanol–water partition coefficient (Wildman–Crippen LogP) is 3.79. The number of nitriles is 1. The Kier molecular flexibility index (Phi) is 6.24. The number of methoxy groups -OCH3 is 1. The van der Waals surface area contributed by atoms with Gasteiger partial charge in [-0.05, 0) is 51.8 Å². The van der Waals surface area contributed by atoms with Gasteiger partial charge in [0.1, 0.15) is 22.9 Å².